The van der Waals surface area contributed by atoms with E-state index in [0.717, 1.165) is 11.3 Å². The fourth-order valence-corrected chi connectivity index (χ4v) is 2.51. The summed E-state index contributed by atoms with van der Waals surface area (Å²) in [6, 6.07) is 7.84. The molecule has 1 N–H and O–H groups in total. The van der Waals surface area contributed by atoms with Crippen LogP contribution in [0.15, 0.2) is 24.3 Å². The highest BCUT2D eigenvalue weighted by Crippen LogP contribution is 2.39. The first-order chi connectivity index (χ1) is 10.6. The van der Waals surface area contributed by atoms with Gasteiger partial charge in [-0.2, -0.15) is 0 Å². The Morgan fingerprint density at radius 1 is 1.00 bits per heavy atom. The van der Waals surface area contributed by atoms with E-state index >= 15 is 0 Å². The molecular weight excluding hydrogens is 283 g/mol. The Bertz CT molecular complexity index is 704. The second-order valence-corrected chi connectivity index (χ2v) is 7.22. The third kappa shape index (κ3) is 3.72. The first kappa shape index (κ1) is 17.5. The standard InChI is InChI=1S/C20H25BO2/c1-12-7-17(8-13(2)14(12)3)23-18-10-16(20(4,5)6)9-15(11-21)19(18)22/h7-10,22H,11H2,1-6H3. The largest absolute Gasteiger partial charge is 0.504 e. The van der Waals surface area contributed by atoms with Gasteiger partial charge in [0.15, 0.2) is 11.5 Å². The maximum atomic E-state index is 10.4. The molecule has 0 aliphatic rings. The summed E-state index contributed by atoms with van der Waals surface area (Å²) in [6.07, 6.45) is 0.276. The number of rotatable bonds is 3. The average Bonchev–Trinajstić information content (AvgIpc) is 2.45. The highest BCUT2D eigenvalue weighted by molar-refractivity contribution is 6.08. The van der Waals surface area contributed by atoms with Gasteiger partial charge in [-0.15, -0.1) is 0 Å². The fraction of sp³-hybridized carbons (Fsp3) is 0.400. The van der Waals surface area contributed by atoms with Crippen LogP contribution < -0.4 is 4.74 Å². The van der Waals surface area contributed by atoms with Crippen LogP contribution in [0.2, 0.25) is 0 Å². The van der Waals surface area contributed by atoms with Gasteiger partial charge in [-0.1, -0.05) is 33.2 Å². The lowest BCUT2D eigenvalue weighted by Gasteiger charge is -2.22. The van der Waals surface area contributed by atoms with Gasteiger partial charge in [0.05, 0.1) is 7.85 Å². The van der Waals surface area contributed by atoms with Crippen molar-refractivity contribution in [2.24, 2.45) is 0 Å². The number of aryl methyl sites for hydroxylation is 2. The van der Waals surface area contributed by atoms with Crippen LogP contribution in [0, 0.1) is 20.8 Å². The maximum Gasteiger partial charge on any atom is 0.169 e. The zero-order valence-electron chi connectivity index (χ0n) is 14.9. The predicted molar refractivity (Wildman–Crippen MR) is 97.0 cm³/mol. The molecule has 3 heteroatoms. The Hall–Kier alpha value is -1.90. The molecule has 2 aromatic rings. The highest BCUT2D eigenvalue weighted by Gasteiger charge is 2.19. The second-order valence-electron chi connectivity index (χ2n) is 7.22. The van der Waals surface area contributed by atoms with Gasteiger partial charge in [0.25, 0.3) is 0 Å². The molecule has 0 atom stereocenters. The number of phenolic OH excluding ortho intramolecular Hbond substituents is 1. The summed E-state index contributed by atoms with van der Waals surface area (Å²) in [5.74, 6) is 1.31. The van der Waals surface area contributed by atoms with Crippen LogP contribution >= 0.6 is 0 Å². The molecule has 120 valence electrons. The van der Waals surface area contributed by atoms with E-state index in [0.29, 0.717) is 11.3 Å². The molecule has 0 aliphatic heterocycles. The molecule has 0 unspecified atom stereocenters. The Morgan fingerprint density at radius 2 is 1.57 bits per heavy atom. The van der Waals surface area contributed by atoms with Gasteiger partial charge in [-0.3, -0.25) is 0 Å². The second kappa shape index (κ2) is 6.31. The number of hydrogen-bond donors (Lipinski definition) is 1. The van der Waals surface area contributed by atoms with E-state index in [9.17, 15) is 5.11 Å². The smallest absolute Gasteiger partial charge is 0.169 e. The van der Waals surface area contributed by atoms with Gasteiger partial charge in [0.2, 0.25) is 0 Å². The number of benzene rings is 2. The lowest BCUT2D eigenvalue weighted by molar-refractivity contribution is 0.405. The van der Waals surface area contributed by atoms with E-state index in [4.69, 9.17) is 12.6 Å². The molecule has 0 amide bonds. The Morgan fingerprint density at radius 3 is 2.04 bits per heavy atom. The summed E-state index contributed by atoms with van der Waals surface area (Å²) >= 11 is 0. The Labute approximate surface area is 140 Å². The van der Waals surface area contributed by atoms with Crippen molar-refractivity contribution in [3.05, 3.63) is 52.1 Å². The molecule has 0 heterocycles. The molecule has 2 rings (SSSR count). The molecule has 0 fully saturated rings. The van der Waals surface area contributed by atoms with Crippen molar-refractivity contribution in [1.29, 1.82) is 0 Å². The van der Waals surface area contributed by atoms with Gasteiger partial charge >= 0.3 is 0 Å². The van der Waals surface area contributed by atoms with Crippen molar-refractivity contribution >= 4 is 7.85 Å². The van der Waals surface area contributed by atoms with Crippen molar-refractivity contribution in [2.45, 2.75) is 53.3 Å². The van der Waals surface area contributed by atoms with Crippen LogP contribution in [0.5, 0.6) is 17.2 Å². The molecule has 0 saturated carbocycles. The molecule has 23 heavy (non-hydrogen) atoms. The van der Waals surface area contributed by atoms with Gasteiger partial charge in [-0.25, -0.2) is 0 Å². The SMILES string of the molecule is [B]Cc1cc(C(C)(C)C)cc(Oc2cc(C)c(C)c(C)c2)c1O. The predicted octanol–water partition coefficient (Wildman–Crippen LogP) is 5.08. The molecular formula is C20H25BO2. The van der Waals surface area contributed by atoms with Crippen LogP contribution in [0.25, 0.3) is 0 Å². The normalized spacial score (nSPS) is 11.6. The van der Waals surface area contributed by atoms with Crippen LogP contribution in [-0.4, -0.2) is 13.0 Å². The maximum absolute atomic E-state index is 10.4. The third-order valence-corrected chi connectivity index (χ3v) is 4.37. The molecule has 0 bridgehead atoms. The van der Waals surface area contributed by atoms with Crippen LogP contribution in [-0.2, 0) is 11.7 Å². The lowest BCUT2D eigenvalue weighted by Crippen LogP contribution is -2.12. The fourth-order valence-electron chi connectivity index (χ4n) is 2.51. The summed E-state index contributed by atoms with van der Waals surface area (Å²) < 4.78 is 6.00. The van der Waals surface area contributed by atoms with Crippen molar-refractivity contribution in [3.63, 3.8) is 0 Å². The van der Waals surface area contributed by atoms with Crippen LogP contribution in [0.1, 0.15) is 48.6 Å². The first-order valence-electron chi connectivity index (χ1n) is 7.95. The molecule has 0 spiro atoms. The van der Waals surface area contributed by atoms with Gasteiger partial charge in [0.1, 0.15) is 5.75 Å². The summed E-state index contributed by atoms with van der Waals surface area (Å²) in [5.41, 5.74) is 5.34. The van der Waals surface area contributed by atoms with E-state index < -0.39 is 0 Å². The molecule has 2 radical (unpaired) electrons. The minimum absolute atomic E-state index is 0.0468. The molecule has 2 aromatic carbocycles. The van der Waals surface area contributed by atoms with E-state index in [-0.39, 0.29) is 17.5 Å². The summed E-state index contributed by atoms with van der Waals surface area (Å²) in [5, 5.41) is 10.4. The van der Waals surface area contributed by atoms with E-state index in [1.54, 1.807) is 0 Å². The van der Waals surface area contributed by atoms with Gasteiger partial charge < -0.3 is 9.84 Å². The molecule has 0 saturated heterocycles. The number of phenols is 1. The topological polar surface area (TPSA) is 29.5 Å². The molecule has 2 nitrogen and oxygen atoms in total. The average molecular weight is 308 g/mol. The van der Waals surface area contributed by atoms with Crippen molar-refractivity contribution in [2.75, 3.05) is 0 Å². The zero-order chi connectivity index (χ0) is 17.4. The minimum atomic E-state index is -0.0468. The van der Waals surface area contributed by atoms with E-state index in [1.807, 2.05) is 24.3 Å². The zero-order valence-corrected chi connectivity index (χ0v) is 14.9. The summed E-state index contributed by atoms with van der Waals surface area (Å²) in [4.78, 5) is 0. The first-order valence-corrected chi connectivity index (χ1v) is 7.95. The minimum Gasteiger partial charge on any atom is -0.504 e. The van der Waals surface area contributed by atoms with E-state index in [1.165, 1.54) is 16.7 Å². The van der Waals surface area contributed by atoms with Gasteiger partial charge in [0, 0.05) is 0 Å². The quantitative estimate of drug-likeness (QED) is 0.802. The Balaban J connectivity index is 2.51. The van der Waals surface area contributed by atoms with Crippen LogP contribution in [0.4, 0.5) is 0 Å². The number of aromatic hydroxyl groups is 1. The van der Waals surface area contributed by atoms with Gasteiger partial charge in [-0.05, 0) is 72.2 Å². The lowest BCUT2D eigenvalue weighted by atomic mass is 9.84. The number of ether oxygens (including phenoxy) is 1. The Kier molecular flexibility index (Phi) is 4.79. The summed E-state index contributed by atoms with van der Waals surface area (Å²) in [6.45, 7) is 12.6. The van der Waals surface area contributed by atoms with Crippen LogP contribution in [0.3, 0.4) is 0 Å². The van der Waals surface area contributed by atoms with Crippen molar-refractivity contribution in [3.8, 4) is 17.2 Å². The van der Waals surface area contributed by atoms with Crippen molar-refractivity contribution < 1.29 is 9.84 Å². The highest BCUT2D eigenvalue weighted by atomic mass is 16.5. The molecule has 0 aliphatic carbocycles. The monoisotopic (exact) mass is 308 g/mol. The van der Waals surface area contributed by atoms with Crippen molar-refractivity contribution in [1.82, 2.24) is 0 Å². The molecule has 0 aromatic heterocycles. The van der Waals surface area contributed by atoms with E-state index in [2.05, 4.69) is 41.5 Å². The summed E-state index contributed by atoms with van der Waals surface area (Å²) in [7, 11) is 5.78. The third-order valence-electron chi connectivity index (χ3n) is 4.37. The number of hydrogen-bond acceptors (Lipinski definition) is 2.